The second-order valence-electron chi connectivity index (χ2n) is 6.18. The minimum atomic E-state index is -0.436. The van der Waals surface area contributed by atoms with Crippen LogP contribution in [0.5, 0.6) is 0 Å². The predicted octanol–water partition coefficient (Wildman–Crippen LogP) is 4.13. The molecule has 0 spiro atoms. The third-order valence-corrected chi connectivity index (χ3v) is 3.95. The summed E-state index contributed by atoms with van der Waals surface area (Å²) in [6.45, 7) is 10.00. The summed E-state index contributed by atoms with van der Waals surface area (Å²) in [5.41, 5.74) is 4.47. The van der Waals surface area contributed by atoms with E-state index >= 15 is 0 Å². The van der Waals surface area contributed by atoms with E-state index in [9.17, 15) is 9.90 Å². The summed E-state index contributed by atoms with van der Waals surface area (Å²) >= 11 is 0. The third-order valence-electron chi connectivity index (χ3n) is 3.95. The number of aliphatic hydroxyl groups excluding tert-OH is 1. The Morgan fingerprint density at radius 2 is 1.89 bits per heavy atom. The molecule has 1 aliphatic carbocycles. The molecule has 1 aromatic rings. The van der Waals surface area contributed by atoms with Gasteiger partial charge < -0.3 is 5.11 Å². The van der Waals surface area contributed by atoms with Gasteiger partial charge in [-0.15, -0.1) is 0 Å². The van der Waals surface area contributed by atoms with E-state index in [0.717, 1.165) is 23.1 Å². The fraction of sp³-hybridized carbons (Fsp3) is 0.471. The van der Waals surface area contributed by atoms with Crippen LogP contribution in [0.15, 0.2) is 17.9 Å². The molecule has 1 N–H and O–H groups in total. The van der Waals surface area contributed by atoms with Gasteiger partial charge in [0.2, 0.25) is 0 Å². The van der Waals surface area contributed by atoms with E-state index in [1.807, 2.05) is 20.8 Å². The maximum Gasteiger partial charge on any atom is 0.167 e. The average molecular weight is 258 g/mol. The molecule has 0 unspecified atom stereocenters. The molecule has 19 heavy (non-hydrogen) atoms. The Balaban J connectivity index is 2.73. The summed E-state index contributed by atoms with van der Waals surface area (Å²) in [5, 5.41) is 10.4. The average Bonchev–Trinajstić information content (AvgIpc) is 2.49. The minimum absolute atomic E-state index is 0.0594. The largest absolute Gasteiger partial charge is 0.511 e. The van der Waals surface area contributed by atoms with Crippen LogP contribution in [0.2, 0.25) is 0 Å². The molecule has 0 heterocycles. The van der Waals surface area contributed by atoms with Crippen LogP contribution in [0.25, 0.3) is 5.57 Å². The molecule has 2 nitrogen and oxygen atoms in total. The lowest BCUT2D eigenvalue weighted by molar-refractivity contribution is -0.114. The number of carbonyl (C=O) groups is 1. The van der Waals surface area contributed by atoms with Gasteiger partial charge in [0.1, 0.15) is 5.76 Å². The molecular formula is C17H22O2. The van der Waals surface area contributed by atoms with E-state index in [1.54, 1.807) is 0 Å². The van der Waals surface area contributed by atoms with Crippen LogP contribution in [0.4, 0.5) is 0 Å². The highest BCUT2D eigenvalue weighted by molar-refractivity contribution is 6.24. The van der Waals surface area contributed by atoms with E-state index in [1.165, 1.54) is 5.56 Å². The van der Waals surface area contributed by atoms with Crippen molar-refractivity contribution in [1.29, 1.82) is 0 Å². The Labute approximate surface area is 115 Å². The molecule has 0 aliphatic heterocycles. The van der Waals surface area contributed by atoms with E-state index in [-0.39, 0.29) is 11.5 Å². The molecule has 0 amide bonds. The summed E-state index contributed by atoms with van der Waals surface area (Å²) in [7, 11) is 0. The molecule has 1 aromatic carbocycles. The molecule has 102 valence electrons. The van der Waals surface area contributed by atoms with Gasteiger partial charge in [-0.3, -0.25) is 4.79 Å². The third kappa shape index (κ3) is 2.20. The molecule has 2 rings (SSSR count). The molecule has 0 saturated heterocycles. The standard InChI is InChI=1S/C17H22O2/c1-6-12-8-10(2)7-11(3)14(12)15-13(18)9-17(4,5)16(15)19/h7-8,19H,6,9H2,1-5H3. The van der Waals surface area contributed by atoms with Crippen molar-refractivity contribution in [2.75, 3.05) is 0 Å². The molecule has 0 aromatic heterocycles. The van der Waals surface area contributed by atoms with Gasteiger partial charge in [-0.05, 0) is 37.0 Å². The smallest absolute Gasteiger partial charge is 0.167 e. The fourth-order valence-electron chi connectivity index (χ4n) is 2.99. The van der Waals surface area contributed by atoms with Crippen molar-refractivity contribution < 1.29 is 9.90 Å². The van der Waals surface area contributed by atoms with Crippen LogP contribution in [-0.4, -0.2) is 10.9 Å². The van der Waals surface area contributed by atoms with E-state index in [2.05, 4.69) is 26.0 Å². The first kappa shape index (κ1) is 13.9. The first-order chi connectivity index (χ1) is 8.77. The first-order valence-electron chi connectivity index (χ1n) is 6.85. The predicted molar refractivity (Wildman–Crippen MR) is 78.2 cm³/mol. The monoisotopic (exact) mass is 258 g/mol. The molecule has 1 aliphatic rings. The van der Waals surface area contributed by atoms with Crippen LogP contribution in [0, 0.1) is 19.3 Å². The highest BCUT2D eigenvalue weighted by Crippen LogP contribution is 2.44. The Morgan fingerprint density at radius 3 is 2.37 bits per heavy atom. The zero-order chi connectivity index (χ0) is 14.4. The van der Waals surface area contributed by atoms with Gasteiger partial charge in [-0.1, -0.05) is 38.5 Å². The number of Topliss-reactive ketones (excluding diaryl/α,β-unsaturated/α-hetero) is 1. The lowest BCUT2D eigenvalue weighted by Gasteiger charge is -2.17. The number of hydrogen-bond donors (Lipinski definition) is 1. The highest BCUT2D eigenvalue weighted by Gasteiger charge is 2.40. The molecule has 0 bridgehead atoms. The maximum absolute atomic E-state index is 12.3. The number of aryl methyl sites for hydroxylation is 3. The Hall–Kier alpha value is -1.57. The van der Waals surface area contributed by atoms with Crippen molar-refractivity contribution in [1.82, 2.24) is 0 Å². The molecule has 2 heteroatoms. The molecule has 0 atom stereocenters. The Bertz CT molecular complexity index is 577. The summed E-state index contributed by atoms with van der Waals surface area (Å²) < 4.78 is 0. The van der Waals surface area contributed by atoms with Crippen LogP contribution >= 0.6 is 0 Å². The molecule has 0 fully saturated rings. The van der Waals surface area contributed by atoms with Gasteiger partial charge in [-0.25, -0.2) is 0 Å². The van der Waals surface area contributed by atoms with Crippen molar-refractivity contribution in [3.8, 4) is 0 Å². The zero-order valence-electron chi connectivity index (χ0n) is 12.4. The molecule has 0 radical (unpaired) electrons. The number of hydrogen-bond acceptors (Lipinski definition) is 2. The Morgan fingerprint density at radius 1 is 1.26 bits per heavy atom. The van der Waals surface area contributed by atoms with E-state index < -0.39 is 5.41 Å². The second kappa shape index (κ2) is 4.52. The normalized spacial score (nSPS) is 18.3. The number of allylic oxidation sites excluding steroid dienone is 2. The van der Waals surface area contributed by atoms with Gasteiger partial charge >= 0.3 is 0 Å². The topological polar surface area (TPSA) is 37.3 Å². The minimum Gasteiger partial charge on any atom is -0.511 e. The van der Waals surface area contributed by atoms with Crippen molar-refractivity contribution in [3.05, 3.63) is 40.1 Å². The second-order valence-corrected chi connectivity index (χ2v) is 6.18. The van der Waals surface area contributed by atoms with Crippen LogP contribution < -0.4 is 0 Å². The number of aliphatic hydroxyl groups is 1. The van der Waals surface area contributed by atoms with Crippen molar-refractivity contribution in [2.24, 2.45) is 5.41 Å². The lowest BCUT2D eigenvalue weighted by Crippen LogP contribution is -2.10. The summed E-state index contributed by atoms with van der Waals surface area (Å²) in [6, 6.07) is 4.19. The van der Waals surface area contributed by atoms with Crippen molar-refractivity contribution >= 4 is 11.4 Å². The van der Waals surface area contributed by atoms with Gasteiger partial charge in [0.25, 0.3) is 0 Å². The highest BCUT2D eigenvalue weighted by atomic mass is 16.3. The maximum atomic E-state index is 12.3. The lowest BCUT2D eigenvalue weighted by atomic mass is 9.89. The number of benzene rings is 1. The van der Waals surface area contributed by atoms with Gasteiger partial charge in [0, 0.05) is 11.8 Å². The number of ketones is 1. The number of carbonyl (C=O) groups excluding carboxylic acids is 1. The van der Waals surface area contributed by atoms with Crippen molar-refractivity contribution in [2.45, 2.75) is 47.5 Å². The zero-order valence-corrected chi connectivity index (χ0v) is 12.4. The van der Waals surface area contributed by atoms with E-state index in [0.29, 0.717) is 12.0 Å². The fourth-order valence-corrected chi connectivity index (χ4v) is 2.99. The Kier molecular flexibility index (Phi) is 3.29. The van der Waals surface area contributed by atoms with Gasteiger partial charge in [0.05, 0.1) is 5.57 Å². The van der Waals surface area contributed by atoms with Gasteiger partial charge in [0.15, 0.2) is 5.78 Å². The SMILES string of the molecule is CCc1cc(C)cc(C)c1C1=C(O)C(C)(C)CC1=O. The molecular weight excluding hydrogens is 236 g/mol. The van der Waals surface area contributed by atoms with Crippen molar-refractivity contribution in [3.63, 3.8) is 0 Å². The summed E-state index contributed by atoms with van der Waals surface area (Å²) in [4.78, 5) is 12.3. The summed E-state index contributed by atoms with van der Waals surface area (Å²) in [6.07, 6.45) is 1.26. The van der Waals surface area contributed by atoms with Crippen LogP contribution in [-0.2, 0) is 11.2 Å². The van der Waals surface area contributed by atoms with Gasteiger partial charge in [-0.2, -0.15) is 0 Å². The number of rotatable bonds is 2. The van der Waals surface area contributed by atoms with E-state index in [4.69, 9.17) is 0 Å². The van der Waals surface area contributed by atoms with Crippen LogP contribution in [0.3, 0.4) is 0 Å². The van der Waals surface area contributed by atoms with Crippen LogP contribution in [0.1, 0.15) is 49.4 Å². The molecule has 0 saturated carbocycles. The quantitative estimate of drug-likeness (QED) is 0.865. The first-order valence-corrected chi connectivity index (χ1v) is 6.85. The summed E-state index contributed by atoms with van der Waals surface area (Å²) in [5.74, 6) is 0.309.